The third kappa shape index (κ3) is 24.3. The van der Waals surface area contributed by atoms with E-state index in [0.29, 0.717) is 13.2 Å². The van der Waals surface area contributed by atoms with Crippen molar-refractivity contribution in [2.75, 3.05) is 13.2 Å². The highest BCUT2D eigenvalue weighted by atomic mass is 31.1. The van der Waals surface area contributed by atoms with Gasteiger partial charge in [-0.25, -0.2) is 0 Å². The first-order valence-corrected chi connectivity index (χ1v) is 4.44. The molecule has 0 radical (unpaired) electrons. The van der Waals surface area contributed by atoms with Crippen LogP contribution < -0.4 is 0 Å². The summed E-state index contributed by atoms with van der Waals surface area (Å²) in [4.78, 5) is 0. The van der Waals surface area contributed by atoms with Gasteiger partial charge in [0.05, 0.1) is 13.2 Å². The molecule has 0 aromatic carbocycles. The maximum atomic E-state index is 9.34. The Labute approximate surface area is 63.5 Å². The lowest BCUT2D eigenvalue weighted by Gasteiger charge is -1.62. The predicted molar refractivity (Wildman–Crippen MR) is 41.3 cm³/mol. The summed E-state index contributed by atoms with van der Waals surface area (Å²) in [5.74, 6) is 0. The zero-order chi connectivity index (χ0) is 8.24. The minimum absolute atomic E-state index is 0.544. The van der Waals surface area contributed by atoms with Crippen LogP contribution in [0.5, 0.6) is 0 Å². The fraction of sp³-hybridized carbons (Fsp3) is 1.00. The van der Waals surface area contributed by atoms with Crippen molar-refractivity contribution in [3.05, 3.63) is 0 Å². The highest BCUT2D eigenvalue weighted by Crippen LogP contribution is 1.89. The van der Waals surface area contributed by atoms with Gasteiger partial charge < -0.3 is 0 Å². The quantitative estimate of drug-likeness (QED) is 0.629. The molecule has 0 aromatic rings. The Morgan fingerprint density at radius 3 is 1.30 bits per heavy atom. The van der Waals surface area contributed by atoms with Crippen molar-refractivity contribution in [3.8, 4) is 0 Å². The van der Waals surface area contributed by atoms with Crippen molar-refractivity contribution >= 4 is 17.4 Å². The molecule has 0 aliphatic rings. The molecule has 0 heterocycles. The van der Waals surface area contributed by atoms with Crippen molar-refractivity contribution in [3.63, 3.8) is 0 Å². The molecule has 0 saturated heterocycles. The molecule has 0 aliphatic heterocycles. The van der Waals surface area contributed by atoms with E-state index in [0.717, 1.165) is 0 Å². The van der Waals surface area contributed by atoms with E-state index < -0.39 is 17.4 Å². The summed E-state index contributed by atoms with van der Waals surface area (Å²) in [5.41, 5.74) is 0. The normalized spacial score (nSPS) is 9.00. The molecule has 0 aliphatic carbocycles. The van der Waals surface area contributed by atoms with Crippen molar-refractivity contribution in [2.24, 2.45) is 0 Å². The van der Waals surface area contributed by atoms with E-state index in [1.165, 1.54) is 0 Å². The molecular formula is C4H12O4P2+2. The summed E-state index contributed by atoms with van der Waals surface area (Å²) in [7, 11) is -1.18. The van der Waals surface area contributed by atoms with Gasteiger partial charge >= 0.3 is 17.4 Å². The van der Waals surface area contributed by atoms with Gasteiger partial charge in [-0.2, -0.15) is 0 Å². The third-order valence-electron chi connectivity index (χ3n) is 0.407. The molecule has 60 valence electrons. The van der Waals surface area contributed by atoms with Crippen LogP contribution in [0.3, 0.4) is 0 Å². The Balaban J connectivity index is 0. The number of hydrogen-bond acceptors (Lipinski definition) is 4. The van der Waals surface area contributed by atoms with Gasteiger partial charge in [0.1, 0.15) is 0 Å². The summed E-state index contributed by atoms with van der Waals surface area (Å²) in [6.07, 6.45) is 0. The van der Waals surface area contributed by atoms with Gasteiger partial charge in [-0.1, -0.05) is 0 Å². The average Bonchev–Trinajstić information content (AvgIpc) is 1.93. The summed E-state index contributed by atoms with van der Waals surface area (Å²) >= 11 is 0. The van der Waals surface area contributed by atoms with Gasteiger partial charge in [-0.15, -0.1) is 9.05 Å². The summed E-state index contributed by atoms with van der Waals surface area (Å²) in [6.45, 7) is 4.68. The van der Waals surface area contributed by atoms with Crippen LogP contribution in [0.25, 0.3) is 0 Å². The predicted octanol–water partition coefficient (Wildman–Crippen LogP) is 1.92. The van der Waals surface area contributed by atoms with Crippen LogP contribution in [-0.4, -0.2) is 13.2 Å². The Morgan fingerprint density at radius 2 is 1.30 bits per heavy atom. The molecule has 0 amide bonds. The van der Waals surface area contributed by atoms with E-state index >= 15 is 0 Å². The van der Waals surface area contributed by atoms with E-state index in [9.17, 15) is 9.13 Å². The molecule has 6 heteroatoms. The minimum Gasteiger partial charge on any atom is -0.148 e. The lowest BCUT2D eigenvalue weighted by Crippen LogP contribution is -1.65. The van der Waals surface area contributed by atoms with Crippen LogP contribution in [0, 0.1) is 0 Å². The highest BCUT2D eigenvalue weighted by Gasteiger charge is 1.77. The first-order valence-electron chi connectivity index (χ1n) is 2.81. The molecule has 0 rings (SSSR count). The molecule has 0 fully saturated rings. The van der Waals surface area contributed by atoms with Crippen LogP contribution in [0.2, 0.25) is 0 Å². The Bertz CT molecular complexity index is 67.7. The van der Waals surface area contributed by atoms with E-state index in [1.807, 2.05) is 0 Å². The molecule has 0 N–H and O–H groups in total. The average molecular weight is 186 g/mol. The Hall–Kier alpha value is 0.120. The standard InChI is InChI=1S/2C2H6O2P/c2*1-2-4-5-3/h2*5H,2H2,1H3/q2*+1. The molecule has 0 spiro atoms. The van der Waals surface area contributed by atoms with Gasteiger partial charge in [0, 0.05) is 0 Å². The summed E-state index contributed by atoms with van der Waals surface area (Å²) in [5, 5.41) is 0. The van der Waals surface area contributed by atoms with Gasteiger partial charge in [0.15, 0.2) is 0 Å². The van der Waals surface area contributed by atoms with Crippen molar-refractivity contribution in [2.45, 2.75) is 13.8 Å². The molecule has 0 saturated carbocycles. The second-order valence-corrected chi connectivity index (χ2v) is 1.94. The topological polar surface area (TPSA) is 52.6 Å². The smallest absolute Gasteiger partial charge is 0.148 e. The van der Waals surface area contributed by atoms with E-state index in [2.05, 4.69) is 9.05 Å². The second kappa shape index (κ2) is 16.1. The fourth-order valence-corrected chi connectivity index (χ4v) is 0.354. The Kier molecular flexibility index (Phi) is 20.5. The van der Waals surface area contributed by atoms with E-state index in [4.69, 9.17) is 0 Å². The van der Waals surface area contributed by atoms with Gasteiger partial charge in [0.2, 0.25) is 0 Å². The largest absolute Gasteiger partial charge is 0.494 e. The van der Waals surface area contributed by atoms with E-state index in [-0.39, 0.29) is 0 Å². The van der Waals surface area contributed by atoms with Gasteiger partial charge in [0.25, 0.3) is 0 Å². The zero-order valence-corrected chi connectivity index (χ0v) is 8.05. The summed E-state index contributed by atoms with van der Waals surface area (Å²) < 4.78 is 27.3. The van der Waals surface area contributed by atoms with Crippen LogP contribution >= 0.6 is 17.4 Å². The molecule has 10 heavy (non-hydrogen) atoms. The van der Waals surface area contributed by atoms with E-state index in [1.54, 1.807) is 13.8 Å². The molecule has 4 nitrogen and oxygen atoms in total. The van der Waals surface area contributed by atoms with Crippen LogP contribution in [0.15, 0.2) is 0 Å². The monoisotopic (exact) mass is 186 g/mol. The van der Waals surface area contributed by atoms with Crippen LogP contribution in [0.4, 0.5) is 0 Å². The molecule has 0 bridgehead atoms. The zero-order valence-electron chi connectivity index (χ0n) is 6.05. The van der Waals surface area contributed by atoms with Crippen molar-refractivity contribution in [1.29, 1.82) is 0 Å². The van der Waals surface area contributed by atoms with Gasteiger partial charge in [-0.05, 0) is 23.0 Å². The maximum Gasteiger partial charge on any atom is 0.494 e. The molecular weight excluding hydrogens is 174 g/mol. The third-order valence-corrected chi connectivity index (χ3v) is 1.22. The lowest BCUT2D eigenvalue weighted by molar-refractivity contribution is 0.365. The SMILES string of the molecule is CCO[PH+]=O.CCO[PH+]=O. The van der Waals surface area contributed by atoms with Crippen LogP contribution in [0.1, 0.15) is 13.8 Å². The number of rotatable bonds is 4. The first kappa shape index (κ1) is 12.8. The summed E-state index contributed by atoms with van der Waals surface area (Å²) in [6, 6.07) is 0. The number of hydrogen-bond donors (Lipinski definition) is 0. The minimum atomic E-state index is -0.592. The van der Waals surface area contributed by atoms with Gasteiger partial charge in [-0.3, -0.25) is 0 Å². The molecule has 0 aromatic heterocycles. The Morgan fingerprint density at radius 1 is 1.00 bits per heavy atom. The second-order valence-electron chi connectivity index (χ2n) is 1.03. The highest BCUT2D eigenvalue weighted by molar-refractivity contribution is 7.17. The van der Waals surface area contributed by atoms with Crippen molar-refractivity contribution in [1.82, 2.24) is 0 Å². The fourth-order valence-electron chi connectivity index (χ4n) is 0.118. The lowest BCUT2D eigenvalue weighted by atomic mass is 10.9. The first-order chi connectivity index (χ1) is 4.83. The van der Waals surface area contributed by atoms with Crippen molar-refractivity contribution < 1.29 is 18.2 Å². The van der Waals surface area contributed by atoms with Crippen LogP contribution in [-0.2, 0) is 18.2 Å². The molecule has 2 atom stereocenters. The molecule has 2 unspecified atom stereocenters. The maximum absolute atomic E-state index is 9.34.